The third-order valence-corrected chi connectivity index (χ3v) is 4.39. The third kappa shape index (κ3) is 4.39. The molecule has 2 aromatic carbocycles. The number of halogens is 2. The molecule has 0 bridgehead atoms. The van der Waals surface area contributed by atoms with Gasteiger partial charge >= 0.3 is 0 Å². The van der Waals surface area contributed by atoms with Crippen molar-refractivity contribution >= 4 is 41.0 Å². The van der Waals surface area contributed by atoms with E-state index in [2.05, 4.69) is 10.5 Å². The maximum absolute atomic E-state index is 12.1. The van der Waals surface area contributed by atoms with Crippen LogP contribution in [0.5, 0.6) is 0 Å². The molecule has 9 heteroatoms. The molecule has 1 N–H and O–H groups in total. The second-order valence-electron chi connectivity index (χ2n) is 5.78. The molecule has 0 aliphatic carbocycles. The van der Waals surface area contributed by atoms with E-state index < -0.39 is 10.8 Å². The summed E-state index contributed by atoms with van der Waals surface area (Å²) in [6, 6.07) is 12.4. The summed E-state index contributed by atoms with van der Waals surface area (Å²) >= 11 is 11.8. The SMILES string of the molecule is Cc1cc([N+](=O)[O-])ccc1-c1ccc(/C=N\NC(=O)c2ccc(Cl)cc2Cl)o1. The van der Waals surface area contributed by atoms with E-state index in [4.69, 9.17) is 27.6 Å². The van der Waals surface area contributed by atoms with Crippen LogP contribution in [0, 0.1) is 17.0 Å². The molecule has 28 heavy (non-hydrogen) atoms. The number of nitrogens with one attached hydrogen (secondary N) is 1. The Bertz CT molecular complexity index is 1090. The average Bonchev–Trinajstić information content (AvgIpc) is 3.10. The molecule has 0 unspecified atom stereocenters. The summed E-state index contributed by atoms with van der Waals surface area (Å²) < 4.78 is 5.66. The Hall–Kier alpha value is -3.16. The van der Waals surface area contributed by atoms with Gasteiger partial charge in [0.1, 0.15) is 11.5 Å². The molecule has 0 saturated carbocycles. The van der Waals surface area contributed by atoms with Crippen LogP contribution >= 0.6 is 23.2 Å². The Morgan fingerprint density at radius 3 is 2.64 bits per heavy atom. The first-order chi connectivity index (χ1) is 13.3. The number of hydrogen-bond acceptors (Lipinski definition) is 5. The number of amides is 1. The monoisotopic (exact) mass is 417 g/mol. The van der Waals surface area contributed by atoms with E-state index >= 15 is 0 Å². The molecular formula is C19H13Cl2N3O4. The van der Waals surface area contributed by atoms with Gasteiger partial charge < -0.3 is 4.42 Å². The number of nitrogens with zero attached hydrogens (tertiary/aromatic N) is 2. The number of furan rings is 1. The average molecular weight is 418 g/mol. The molecule has 3 aromatic rings. The number of hydrogen-bond donors (Lipinski definition) is 1. The predicted molar refractivity (Wildman–Crippen MR) is 107 cm³/mol. The lowest BCUT2D eigenvalue weighted by molar-refractivity contribution is -0.384. The molecule has 3 rings (SSSR count). The van der Waals surface area contributed by atoms with Gasteiger partial charge in [-0.05, 0) is 48.9 Å². The first-order valence-corrected chi connectivity index (χ1v) is 8.74. The summed E-state index contributed by atoms with van der Waals surface area (Å²) in [4.78, 5) is 22.5. The molecule has 1 amide bonds. The zero-order valence-corrected chi connectivity index (χ0v) is 16.0. The molecule has 1 aromatic heterocycles. The van der Waals surface area contributed by atoms with Gasteiger partial charge in [-0.2, -0.15) is 5.10 Å². The number of benzene rings is 2. The summed E-state index contributed by atoms with van der Waals surface area (Å²) in [7, 11) is 0. The van der Waals surface area contributed by atoms with Crippen LogP contribution in [-0.4, -0.2) is 17.0 Å². The summed E-state index contributed by atoms with van der Waals surface area (Å²) in [6.07, 6.45) is 1.34. The lowest BCUT2D eigenvalue weighted by Gasteiger charge is -2.03. The van der Waals surface area contributed by atoms with E-state index in [0.29, 0.717) is 22.1 Å². The Labute approximate surface area is 169 Å². The normalized spacial score (nSPS) is 11.0. The lowest BCUT2D eigenvalue weighted by atomic mass is 10.1. The zero-order valence-electron chi connectivity index (χ0n) is 14.5. The summed E-state index contributed by atoms with van der Waals surface area (Å²) in [5, 5.41) is 15.3. The minimum atomic E-state index is -0.490. The van der Waals surface area contributed by atoms with Crippen molar-refractivity contribution in [3.8, 4) is 11.3 Å². The smallest absolute Gasteiger partial charge is 0.272 e. The molecule has 0 aliphatic rings. The van der Waals surface area contributed by atoms with Gasteiger partial charge in [0.25, 0.3) is 11.6 Å². The topological polar surface area (TPSA) is 97.7 Å². The summed E-state index contributed by atoms with van der Waals surface area (Å²) in [6.45, 7) is 1.76. The standard InChI is InChI=1S/C19H13Cl2N3O4/c1-11-8-13(24(26)27)3-6-15(11)18-7-4-14(28-18)10-22-23-19(25)16-5-2-12(20)9-17(16)21/h2-10H,1H3,(H,23,25)/b22-10-. The molecule has 0 aliphatic heterocycles. The first kappa shape index (κ1) is 19.6. The molecule has 0 atom stereocenters. The van der Waals surface area contributed by atoms with Gasteiger partial charge in [0.05, 0.1) is 21.7 Å². The quantitative estimate of drug-likeness (QED) is 0.348. The second-order valence-corrected chi connectivity index (χ2v) is 6.63. The Morgan fingerprint density at radius 1 is 1.18 bits per heavy atom. The second kappa shape index (κ2) is 8.24. The maximum Gasteiger partial charge on any atom is 0.272 e. The van der Waals surface area contributed by atoms with E-state index in [1.165, 1.54) is 30.5 Å². The first-order valence-electron chi connectivity index (χ1n) is 7.99. The van der Waals surface area contributed by atoms with Gasteiger partial charge in [0, 0.05) is 22.7 Å². The van der Waals surface area contributed by atoms with E-state index in [0.717, 1.165) is 5.56 Å². The van der Waals surface area contributed by atoms with E-state index in [9.17, 15) is 14.9 Å². The zero-order chi connectivity index (χ0) is 20.3. The fourth-order valence-electron chi connectivity index (χ4n) is 2.49. The number of rotatable bonds is 5. The van der Waals surface area contributed by atoms with Crippen LogP contribution in [-0.2, 0) is 0 Å². The highest BCUT2D eigenvalue weighted by Gasteiger charge is 2.12. The Kier molecular flexibility index (Phi) is 5.77. The van der Waals surface area contributed by atoms with Gasteiger partial charge in [-0.3, -0.25) is 14.9 Å². The fraction of sp³-hybridized carbons (Fsp3) is 0.0526. The van der Waals surface area contributed by atoms with E-state index in [-0.39, 0.29) is 16.3 Å². The van der Waals surface area contributed by atoms with Crippen LogP contribution in [0.4, 0.5) is 5.69 Å². The molecular weight excluding hydrogens is 405 g/mol. The molecule has 142 valence electrons. The van der Waals surface area contributed by atoms with Gasteiger partial charge in [-0.25, -0.2) is 5.43 Å². The highest BCUT2D eigenvalue weighted by Crippen LogP contribution is 2.28. The number of non-ortho nitro benzene ring substituents is 1. The lowest BCUT2D eigenvalue weighted by Crippen LogP contribution is -2.17. The number of carbonyl (C=O) groups excluding carboxylic acids is 1. The molecule has 0 fully saturated rings. The Morgan fingerprint density at radius 2 is 1.96 bits per heavy atom. The predicted octanol–water partition coefficient (Wildman–Crippen LogP) is 5.23. The summed E-state index contributed by atoms with van der Waals surface area (Å²) in [5.41, 5.74) is 4.04. The van der Waals surface area contributed by atoms with Gasteiger partial charge in [0.2, 0.25) is 0 Å². The van der Waals surface area contributed by atoms with Crippen molar-refractivity contribution in [3.05, 3.63) is 85.6 Å². The molecule has 0 saturated heterocycles. The number of aryl methyl sites for hydroxylation is 1. The van der Waals surface area contributed by atoms with Crippen LogP contribution in [0.25, 0.3) is 11.3 Å². The van der Waals surface area contributed by atoms with Crippen LogP contribution in [0.15, 0.2) is 58.0 Å². The molecule has 1 heterocycles. The largest absolute Gasteiger partial charge is 0.455 e. The molecule has 0 spiro atoms. The molecule has 0 radical (unpaired) electrons. The Balaban J connectivity index is 1.71. The number of nitro benzene ring substituents is 1. The minimum Gasteiger partial charge on any atom is -0.455 e. The van der Waals surface area contributed by atoms with Gasteiger partial charge in [-0.15, -0.1) is 0 Å². The van der Waals surface area contributed by atoms with E-state index in [1.807, 2.05) is 0 Å². The minimum absolute atomic E-state index is 0.0122. The maximum atomic E-state index is 12.1. The van der Waals surface area contributed by atoms with E-state index in [1.54, 1.807) is 31.2 Å². The highest BCUT2D eigenvalue weighted by atomic mass is 35.5. The van der Waals surface area contributed by atoms with Crippen molar-refractivity contribution in [2.24, 2.45) is 5.10 Å². The number of nitro groups is 1. The van der Waals surface area contributed by atoms with Crippen LogP contribution in [0.2, 0.25) is 10.0 Å². The van der Waals surface area contributed by atoms with Crippen molar-refractivity contribution in [1.82, 2.24) is 5.43 Å². The fourth-order valence-corrected chi connectivity index (χ4v) is 2.99. The molecule has 7 nitrogen and oxygen atoms in total. The van der Waals surface area contributed by atoms with Crippen LogP contribution < -0.4 is 5.43 Å². The van der Waals surface area contributed by atoms with Crippen molar-refractivity contribution in [1.29, 1.82) is 0 Å². The van der Waals surface area contributed by atoms with Crippen LogP contribution in [0.3, 0.4) is 0 Å². The van der Waals surface area contributed by atoms with Crippen LogP contribution in [0.1, 0.15) is 21.7 Å². The highest BCUT2D eigenvalue weighted by molar-refractivity contribution is 6.36. The number of carbonyl (C=O) groups is 1. The van der Waals surface area contributed by atoms with Gasteiger partial charge in [0.15, 0.2) is 0 Å². The van der Waals surface area contributed by atoms with Crippen molar-refractivity contribution < 1.29 is 14.1 Å². The van der Waals surface area contributed by atoms with Gasteiger partial charge in [-0.1, -0.05) is 23.2 Å². The number of hydrazone groups is 1. The summed E-state index contributed by atoms with van der Waals surface area (Å²) in [5.74, 6) is 0.437. The third-order valence-electron chi connectivity index (χ3n) is 3.85. The van der Waals surface area contributed by atoms with Crippen molar-refractivity contribution in [2.45, 2.75) is 6.92 Å². The van der Waals surface area contributed by atoms with Crippen molar-refractivity contribution in [2.75, 3.05) is 0 Å². The van der Waals surface area contributed by atoms with Crippen molar-refractivity contribution in [3.63, 3.8) is 0 Å².